The number of nitrogens with one attached hydrogen (secondary N) is 1. The molecule has 0 aromatic carbocycles. The Morgan fingerprint density at radius 2 is 1.86 bits per heavy atom. The Hall–Kier alpha value is -1.52. The molecule has 5 heteroatoms. The van der Waals surface area contributed by atoms with Gasteiger partial charge in [0.15, 0.2) is 0 Å². The van der Waals surface area contributed by atoms with Crippen LogP contribution in [0.4, 0.5) is 4.79 Å². The van der Waals surface area contributed by atoms with Gasteiger partial charge in [-0.15, -0.1) is 0 Å². The maximum absolute atomic E-state index is 11.7. The average Bonchev–Trinajstić information content (AvgIpc) is 3.21. The van der Waals surface area contributed by atoms with Crippen LogP contribution >= 0.6 is 0 Å². The molecule has 0 aliphatic heterocycles. The van der Waals surface area contributed by atoms with Crippen molar-refractivity contribution in [3.63, 3.8) is 0 Å². The molecule has 3 fully saturated rings. The molecule has 122 valence electrons. The highest BCUT2D eigenvalue weighted by molar-refractivity contribution is 5.81. The van der Waals surface area contributed by atoms with Gasteiger partial charge in [0.25, 0.3) is 0 Å². The van der Waals surface area contributed by atoms with Crippen molar-refractivity contribution in [1.82, 2.24) is 5.32 Å². The number of ether oxygens (including phenoxy) is 2. The van der Waals surface area contributed by atoms with Crippen molar-refractivity contribution in [2.24, 2.45) is 29.6 Å². The van der Waals surface area contributed by atoms with Gasteiger partial charge < -0.3 is 14.8 Å². The number of hydrogen-bond donors (Lipinski definition) is 1. The summed E-state index contributed by atoms with van der Waals surface area (Å²) in [6.45, 7) is 4.15. The Morgan fingerprint density at radius 3 is 2.68 bits per heavy atom. The Labute approximate surface area is 131 Å². The molecule has 5 unspecified atom stereocenters. The first kappa shape index (κ1) is 15.4. The number of esters is 1. The smallest absolute Gasteiger partial charge is 0.407 e. The standard InChI is InChI=1S/C17H25NO4/c1-2-16(19)21-6-7-22-17(20)18-10-12-8-11-9-15(12)14-5-3-4-13(11)14/h2,11-15H,1,3-10H2,(H,18,20). The van der Waals surface area contributed by atoms with E-state index >= 15 is 0 Å². The van der Waals surface area contributed by atoms with Crippen LogP contribution in [-0.2, 0) is 14.3 Å². The Kier molecular flexibility index (Phi) is 4.69. The van der Waals surface area contributed by atoms with Crippen LogP contribution in [0.1, 0.15) is 32.1 Å². The molecule has 3 aliphatic rings. The van der Waals surface area contributed by atoms with Gasteiger partial charge >= 0.3 is 12.1 Å². The number of carbonyl (C=O) groups excluding carboxylic acids is 2. The summed E-state index contributed by atoms with van der Waals surface area (Å²) in [5, 5.41) is 2.87. The number of rotatable bonds is 6. The third-order valence-electron chi connectivity index (χ3n) is 5.80. The van der Waals surface area contributed by atoms with Crippen LogP contribution in [0.15, 0.2) is 12.7 Å². The summed E-state index contributed by atoms with van der Waals surface area (Å²) in [4.78, 5) is 22.5. The van der Waals surface area contributed by atoms with Gasteiger partial charge in [-0.1, -0.05) is 13.0 Å². The quantitative estimate of drug-likeness (QED) is 0.465. The predicted octanol–water partition coefficient (Wildman–Crippen LogP) is 2.51. The maximum Gasteiger partial charge on any atom is 0.407 e. The zero-order valence-corrected chi connectivity index (χ0v) is 13.0. The van der Waals surface area contributed by atoms with E-state index in [2.05, 4.69) is 11.9 Å². The van der Waals surface area contributed by atoms with Crippen LogP contribution in [0.2, 0.25) is 0 Å². The summed E-state index contributed by atoms with van der Waals surface area (Å²) in [7, 11) is 0. The minimum atomic E-state index is -0.503. The second-order valence-electron chi connectivity index (χ2n) is 6.80. The highest BCUT2D eigenvalue weighted by Gasteiger charge is 2.53. The van der Waals surface area contributed by atoms with Gasteiger partial charge in [-0.2, -0.15) is 0 Å². The van der Waals surface area contributed by atoms with Crippen LogP contribution in [-0.4, -0.2) is 31.8 Å². The molecular weight excluding hydrogens is 282 g/mol. The lowest BCUT2D eigenvalue weighted by molar-refractivity contribution is -0.138. The van der Waals surface area contributed by atoms with Crippen molar-refractivity contribution < 1.29 is 19.1 Å². The molecule has 1 N–H and O–H groups in total. The maximum atomic E-state index is 11.7. The molecule has 0 heterocycles. The zero-order valence-electron chi connectivity index (χ0n) is 13.0. The molecule has 2 bridgehead atoms. The van der Waals surface area contributed by atoms with Gasteiger partial charge in [0.1, 0.15) is 13.2 Å². The topological polar surface area (TPSA) is 64.6 Å². The number of alkyl carbamates (subject to hydrolysis) is 1. The van der Waals surface area contributed by atoms with Crippen LogP contribution in [0.5, 0.6) is 0 Å². The lowest BCUT2D eigenvalue weighted by Crippen LogP contribution is -2.35. The van der Waals surface area contributed by atoms with E-state index in [4.69, 9.17) is 9.47 Å². The second-order valence-corrected chi connectivity index (χ2v) is 6.80. The van der Waals surface area contributed by atoms with E-state index in [-0.39, 0.29) is 13.2 Å². The molecule has 5 atom stereocenters. The molecule has 0 aromatic heterocycles. The van der Waals surface area contributed by atoms with Crippen molar-refractivity contribution in [2.45, 2.75) is 32.1 Å². The van der Waals surface area contributed by atoms with E-state index in [0.717, 1.165) is 36.3 Å². The number of hydrogen-bond acceptors (Lipinski definition) is 4. The first-order chi connectivity index (χ1) is 10.7. The van der Waals surface area contributed by atoms with Crippen LogP contribution in [0.3, 0.4) is 0 Å². The number of carbonyl (C=O) groups is 2. The lowest BCUT2D eigenvalue weighted by Gasteiger charge is -2.31. The average molecular weight is 307 g/mol. The van der Waals surface area contributed by atoms with Crippen LogP contribution in [0, 0.1) is 29.6 Å². The molecule has 3 aliphatic carbocycles. The third kappa shape index (κ3) is 3.13. The first-order valence-corrected chi connectivity index (χ1v) is 8.39. The van der Waals surface area contributed by atoms with E-state index in [1.807, 2.05) is 0 Å². The van der Waals surface area contributed by atoms with Crippen LogP contribution < -0.4 is 5.32 Å². The number of amides is 1. The van der Waals surface area contributed by atoms with Gasteiger partial charge in [0, 0.05) is 12.6 Å². The van der Waals surface area contributed by atoms with E-state index in [0.29, 0.717) is 5.92 Å². The predicted molar refractivity (Wildman–Crippen MR) is 81.0 cm³/mol. The van der Waals surface area contributed by atoms with Crippen molar-refractivity contribution in [1.29, 1.82) is 0 Å². The fourth-order valence-electron chi connectivity index (χ4n) is 5.05. The summed E-state index contributed by atoms with van der Waals surface area (Å²) in [5.41, 5.74) is 0. The monoisotopic (exact) mass is 307 g/mol. The van der Waals surface area contributed by atoms with Crippen molar-refractivity contribution >= 4 is 12.1 Å². The van der Waals surface area contributed by atoms with E-state index < -0.39 is 12.1 Å². The van der Waals surface area contributed by atoms with E-state index in [1.54, 1.807) is 0 Å². The molecule has 5 nitrogen and oxygen atoms in total. The lowest BCUT2D eigenvalue weighted by atomic mass is 9.76. The molecule has 0 spiro atoms. The fraction of sp³-hybridized carbons (Fsp3) is 0.765. The highest BCUT2D eigenvalue weighted by atomic mass is 16.6. The van der Waals surface area contributed by atoms with Gasteiger partial charge in [-0.3, -0.25) is 0 Å². The first-order valence-electron chi connectivity index (χ1n) is 8.39. The molecule has 1 amide bonds. The largest absolute Gasteiger partial charge is 0.459 e. The van der Waals surface area contributed by atoms with Gasteiger partial charge in [-0.05, 0) is 55.3 Å². The molecule has 3 saturated carbocycles. The summed E-state index contributed by atoms with van der Waals surface area (Å²) in [5.74, 6) is 3.73. The van der Waals surface area contributed by atoms with Crippen molar-refractivity contribution in [3.05, 3.63) is 12.7 Å². The van der Waals surface area contributed by atoms with Gasteiger partial charge in [0.2, 0.25) is 0 Å². The Bertz CT molecular complexity index is 450. The fourth-order valence-corrected chi connectivity index (χ4v) is 5.05. The number of fused-ring (bicyclic) bond motifs is 5. The summed E-state index contributed by atoms with van der Waals surface area (Å²) < 4.78 is 9.75. The normalized spacial score (nSPS) is 35.0. The minimum absolute atomic E-state index is 0.0656. The summed E-state index contributed by atoms with van der Waals surface area (Å²) in [6.07, 6.45) is 7.52. The minimum Gasteiger partial charge on any atom is -0.459 e. The second kappa shape index (κ2) is 6.71. The molecule has 0 aromatic rings. The van der Waals surface area contributed by atoms with E-state index in [9.17, 15) is 9.59 Å². The molecule has 3 rings (SSSR count). The third-order valence-corrected chi connectivity index (χ3v) is 5.80. The Morgan fingerprint density at radius 1 is 1.09 bits per heavy atom. The van der Waals surface area contributed by atoms with Crippen molar-refractivity contribution in [2.75, 3.05) is 19.8 Å². The summed E-state index contributed by atoms with van der Waals surface area (Å²) >= 11 is 0. The highest BCUT2D eigenvalue weighted by Crippen LogP contribution is 2.60. The molecule has 0 radical (unpaired) electrons. The zero-order chi connectivity index (χ0) is 15.5. The van der Waals surface area contributed by atoms with Crippen molar-refractivity contribution in [3.8, 4) is 0 Å². The molecule has 0 saturated heterocycles. The molecular formula is C17H25NO4. The summed E-state index contributed by atoms with van der Waals surface area (Å²) in [6, 6.07) is 0. The molecule has 22 heavy (non-hydrogen) atoms. The Balaban J connectivity index is 1.32. The van der Waals surface area contributed by atoms with E-state index in [1.165, 1.54) is 32.1 Å². The van der Waals surface area contributed by atoms with Gasteiger partial charge in [-0.25, -0.2) is 9.59 Å². The van der Waals surface area contributed by atoms with Gasteiger partial charge in [0.05, 0.1) is 0 Å². The van der Waals surface area contributed by atoms with Crippen LogP contribution in [0.25, 0.3) is 0 Å². The SMILES string of the molecule is C=CC(=O)OCCOC(=O)NCC1CC2CC1C1CCCC21.